The fourth-order valence-electron chi connectivity index (χ4n) is 2.51. The average Bonchev–Trinajstić information content (AvgIpc) is 2.42. The van der Waals surface area contributed by atoms with E-state index in [0.29, 0.717) is 0 Å². The van der Waals surface area contributed by atoms with Crippen molar-refractivity contribution in [3.8, 4) is 0 Å². The standard InChI is InChI=1S/C17H26N2O/c1-17(2,3)16(20)18-10-6-11-19-12-9-14-7-4-5-8-15(14)13-19/h4-5,7-8H,6,9-13H2,1-3H3,(H,18,20). The van der Waals surface area contributed by atoms with E-state index in [-0.39, 0.29) is 11.3 Å². The van der Waals surface area contributed by atoms with E-state index < -0.39 is 0 Å². The molecule has 0 atom stereocenters. The lowest BCUT2D eigenvalue weighted by atomic mass is 9.96. The fourth-order valence-corrected chi connectivity index (χ4v) is 2.51. The molecule has 0 bridgehead atoms. The van der Waals surface area contributed by atoms with Crippen molar-refractivity contribution in [1.82, 2.24) is 10.2 Å². The van der Waals surface area contributed by atoms with Crippen LogP contribution >= 0.6 is 0 Å². The molecule has 1 heterocycles. The van der Waals surface area contributed by atoms with Crippen LogP contribution in [0.1, 0.15) is 38.3 Å². The summed E-state index contributed by atoms with van der Waals surface area (Å²) in [7, 11) is 0. The summed E-state index contributed by atoms with van der Waals surface area (Å²) in [5, 5.41) is 3.02. The van der Waals surface area contributed by atoms with E-state index in [2.05, 4.69) is 34.5 Å². The second kappa shape index (κ2) is 6.40. The second-order valence-corrected chi connectivity index (χ2v) is 6.65. The van der Waals surface area contributed by atoms with E-state index in [1.54, 1.807) is 0 Å². The Labute approximate surface area is 122 Å². The van der Waals surface area contributed by atoms with Crippen LogP contribution in [0.15, 0.2) is 24.3 Å². The van der Waals surface area contributed by atoms with Gasteiger partial charge in [-0.1, -0.05) is 45.0 Å². The Bertz CT molecular complexity index is 462. The van der Waals surface area contributed by atoms with Crippen LogP contribution in [0.25, 0.3) is 0 Å². The van der Waals surface area contributed by atoms with Gasteiger partial charge in [0.25, 0.3) is 0 Å². The molecule has 0 saturated heterocycles. The Kier molecular flexibility index (Phi) is 4.81. The van der Waals surface area contributed by atoms with Crippen LogP contribution in [0.2, 0.25) is 0 Å². The lowest BCUT2D eigenvalue weighted by molar-refractivity contribution is -0.128. The molecule has 0 radical (unpaired) electrons. The number of benzene rings is 1. The molecule has 1 aliphatic heterocycles. The Hall–Kier alpha value is -1.35. The van der Waals surface area contributed by atoms with Crippen LogP contribution in [-0.4, -0.2) is 30.4 Å². The van der Waals surface area contributed by atoms with Crippen LogP contribution in [0.3, 0.4) is 0 Å². The largest absolute Gasteiger partial charge is 0.356 e. The summed E-state index contributed by atoms with van der Waals surface area (Å²) in [4.78, 5) is 14.2. The molecule has 1 amide bonds. The molecule has 0 aliphatic carbocycles. The van der Waals surface area contributed by atoms with Gasteiger partial charge in [-0.25, -0.2) is 0 Å². The van der Waals surface area contributed by atoms with Crippen LogP contribution in [0, 0.1) is 5.41 Å². The van der Waals surface area contributed by atoms with Crippen molar-refractivity contribution in [3.05, 3.63) is 35.4 Å². The second-order valence-electron chi connectivity index (χ2n) is 6.65. The normalized spacial score (nSPS) is 15.8. The highest BCUT2D eigenvalue weighted by Crippen LogP contribution is 2.18. The molecule has 110 valence electrons. The summed E-state index contributed by atoms with van der Waals surface area (Å²) in [5.74, 6) is 0.140. The number of rotatable bonds is 4. The van der Waals surface area contributed by atoms with Crippen LogP contribution in [0.4, 0.5) is 0 Å². The first-order chi connectivity index (χ1) is 9.47. The van der Waals surface area contributed by atoms with Crippen LogP contribution in [0.5, 0.6) is 0 Å². The van der Waals surface area contributed by atoms with Gasteiger partial charge in [0.05, 0.1) is 0 Å². The summed E-state index contributed by atoms with van der Waals surface area (Å²) >= 11 is 0. The van der Waals surface area contributed by atoms with Gasteiger partial charge in [0.2, 0.25) is 5.91 Å². The highest BCUT2D eigenvalue weighted by molar-refractivity contribution is 5.81. The molecular formula is C17H26N2O. The molecule has 2 rings (SSSR count). The van der Waals surface area contributed by atoms with Gasteiger partial charge >= 0.3 is 0 Å². The van der Waals surface area contributed by atoms with Gasteiger partial charge in [-0.05, 0) is 24.0 Å². The zero-order valence-corrected chi connectivity index (χ0v) is 12.9. The van der Waals surface area contributed by atoms with Crippen LogP contribution < -0.4 is 5.32 Å². The van der Waals surface area contributed by atoms with Crippen molar-refractivity contribution in [2.75, 3.05) is 19.6 Å². The summed E-state index contributed by atoms with van der Waals surface area (Å²) in [6.45, 7) is 9.85. The third kappa shape index (κ3) is 4.07. The number of amides is 1. The van der Waals surface area contributed by atoms with Gasteiger partial charge in [-0.15, -0.1) is 0 Å². The van der Waals surface area contributed by atoms with Crippen molar-refractivity contribution < 1.29 is 4.79 Å². The zero-order chi connectivity index (χ0) is 14.6. The summed E-state index contributed by atoms with van der Waals surface area (Å²) in [5.41, 5.74) is 2.66. The Morgan fingerprint density at radius 3 is 2.65 bits per heavy atom. The average molecular weight is 274 g/mol. The summed E-state index contributed by atoms with van der Waals surface area (Å²) < 4.78 is 0. The van der Waals surface area contributed by atoms with Crippen molar-refractivity contribution in [2.24, 2.45) is 5.41 Å². The first kappa shape index (κ1) is 15.0. The lowest BCUT2D eigenvalue weighted by Crippen LogP contribution is -2.37. The van der Waals surface area contributed by atoms with Gasteiger partial charge in [-0.3, -0.25) is 9.69 Å². The predicted octanol–water partition coefficient (Wildman–Crippen LogP) is 2.60. The predicted molar refractivity (Wildman–Crippen MR) is 82.5 cm³/mol. The number of carbonyl (C=O) groups excluding carboxylic acids is 1. The van der Waals surface area contributed by atoms with E-state index in [0.717, 1.165) is 39.0 Å². The molecule has 0 unspecified atom stereocenters. The highest BCUT2D eigenvalue weighted by atomic mass is 16.2. The molecular weight excluding hydrogens is 248 g/mol. The third-order valence-corrected chi connectivity index (χ3v) is 3.83. The Morgan fingerprint density at radius 1 is 1.25 bits per heavy atom. The zero-order valence-electron chi connectivity index (χ0n) is 12.9. The number of hydrogen-bond acceptors (Lipinski definition) is 2. The summed E-state index contributed by atoms with van der Waals surface area (Å²) in [6.07, 6.45) is 2.16. The fraction of sp³-hybridized carbons (Fsp3) is 0.588. The lowest BCUT2D eigenvalue weighted by Gasteiger charge is -2.28. The van der Waals surface area contributed by atoms with Crippen molar-refractivity contribution >= 4 is 5.91 Å². The quantitative estimate of drug-likeness (QED) is 0.856. The molecule has 1 aliphatic rings. The maximum Gasteiger partial charge on any atom is 0.225 e. The monoisotopic (exact) mass is 274 g/mol. The Morgan fingerprint density at radius 2 is 1.95 bits per heavy atom. The minimum atomic E-state index is -0.288. The van der Waals surface area contributed by atoms with Gasteiger partial charge in [0.1, 0.15) is 0 Å². The van der Waals surface area contributed by atoms with Crippen LogP contribution in [-0.2, 0) is 17.8 Å². The number of carbonyl (C=O) groups is 1. The molecule has 1 N–H and O–H groups in total. The molecule has 3 nitrogen and oxygen atoms in total. The van der Waals surface area contributed by atoms with E-state index in [1.165, 1.54) is 11.1 Å². The minimum Gasteiger partial charge on any atom is -0.356 e. The molecule has 3 heteroatoms. The van der Waals surface area contributed by atoms with E-state index in [1.807, 2.05) is 20.8 Å². The molecule has 1 aromatic carbocycles. The van der Waals surface area contributed by atoms with Crippen molar-refractivity contribution in [3.63, 3.8) is 0 Å². The van der Waals surface area contributed by atoms with Crippen molar-refractivity contribution in [2.45, 2.75) is 40.2 Å². The molecule has 1 aromatic rings. The highest BCUT2D eigenvalue weighted by Gasteiger charge is 2.20. The maximum atomic E-state index is 11.8. The first-order valence-electron chi connectivity index (χ1n) is 7.54. The maximum absolute atomic E-state index is 11.8. The molecule has 20 heavy (non-hydrogen) atoms. The van der Waals surface area contributed by atoms with Gasteiger partial charge in [0.15, 0.2) is 0 Å². The van der Waals surface area contributed by atoms with Gasteiger partial charge < -0.3 is 5.32 Å². The van der Waals surface area contributed by atoms with E-state index in [4.69, 9.17) is 0 Å². The van der Waals surface area contributed by atoms with E-state index in [9.17, 15) is 4.79 Å². The Balaban J connectivity index is 1.70. The summed E-state index contributed by atoms with van der Waals surface area (Å²) in [6, 6.07) is 8.70. The molecule has 0 spiro atoms. The number of hydrogen-bond donors (Lipinski definition) is 1. The number of nitrogens with zero attached hydrogens (tertiary/aromatic N) is 1. The molecule has 0 aromatic heterocycles. The first-order valence-corrected chi connectivity index (χ1v) is 7.54. The smallest absolute Gasteiger partial charge is 0.225 e. The minimum absolute atomic E-state index is 0.140. The molecule has 0 saturated carbocycles. The molecule has 0 fully saturated rings. The van der Waals surface area contributed by atoms with E-state index >= 15 is 0 Å². The SMILES string of the molecule is CC(C)(C)C(=O)NCCCN1CCc2ccccc2C1. The number of nitrogens with one attached hydrogen (secondary N) is 1. The topological polar surface area (TPSA) is 32.3 Å². The third-order valence-electron chi connectivity index (χ3n) is 3.83. The van der Waals surface area contributed by atoms with Gasteiger partial charge in [-0.2, -0.15) is 0 Å². The number of fused-ring (bicyclic) bond motifs is 1. The van der Waals surface area contributed by atoms with Gasteiger partial charge in [0, 0.05) is 31.6 Å². The van der Waals surface area contributed by atoms with Crippen molar-refractivity contribution in [1.29, 1.82) is 0 Å².